The average molecular weight is 264 g/mol. The third-order valence-corrected chi connectivity index (χ3v) is 3.97. The first kappa shape index (κ1) is 13.0. The van der Waals surface area contributed by atoms with Crippen LogP contribution in [0.5, 0.6) is 0 Å². The van der Waals surface area contributed by atoms with Crippen LogP contribution in [0, 0.1) is 6.92 Å². The van der Waals surface area contributed by atoms with E-state index in [4.69, 9.17) is 5.73 Å². The molecule has 0 fully saturated rings. The van der Waals surface area contributed by atoms with Crippen LogP contribution in [0.15, 0.2) is 10.8 Å². The first-order valence-corrected chi connectivity index (χ1v) is 7.14. The van der Waals surface area contributed by atoms with Crippen LogP contribution in [0.3, 0.4) is 0 Å². The van der Waals surface area contributed by atoms with Crippen LogP contribution < -0.4 is 11.1 Å². The van der Waals surface area contributed by atoms with Gasteiger partial charge in [0.05, 0.1) is 11.4 Å². The van der Waals surface area contributed by atoms with Gasteiger partial charge in [0.25, 0.3) is 0 Å². The number of hydrogen-bond acceptors (Lipinski definition) is 4. The minimum absolute atomic E-state index is 0.784. The number of nitrogens with two attached hydrogens (primary N) is 1. The molecule has 0 aliphatic carbocycles. The summed E-state index contributed by atoms with van der Waals surface area (Å²) in [6.45, 7) is 5.06. The lowest BCUT2D eigenvalue weighted by molar-refractivity contribution is 0.735. The highest BCUT2D eigenvalue weighted by Crippen LogP contribution is 2.24. The van der Waals surface area contributed by atoms with E-state index in [1.54, 1.807) is 11.3 Å². The molecule has 0 aromatic carbocycles. The maximum atomic E-state index is 6.12. The van der Waals surface area contributed by atoms with Crippen molar-refractivity contribution in [1.29, 1.82) is 0 Å². The van der Waals surface area contributed by atoms with E-state index < -0.39 is 0 Å². The molecule has 0 spiro atoms. The SMILES string of the molecule is CCCc1nn(C)c(NCc2cscc2C)c1N. The summed E-state index contributed by atoms with van der Waals surface area (Å²) >= 11 is 1.73. The Morgan fingerprint density at radius 1 is 1.44 bits per heavy atom. The minimum atomic E-state index is 0.784. The van der Waals surface area contributed by atoms with Gasteiger partial charge in [-0.3, -0.25) is 4.68 Å². The van der Waals surface area contributed by atoms with Crippen molar-refractivity contribution >= 4 is 22.8 Å². The van der Waals surface area contributed by atoms with Crippen molar-refractivity contribution < 1.29 is 0 Å². The Morgan fingerprint density at radius 3 is 2.83 bits per heavy atom. The molecule has 0 saturated heterocycles. The van der Waals surface area contributed by atoms with Gasteiger partial charge in [-0.2, -0.15) is 16.4 Å². The van der Waals surface area contributed by atoms with E-state index in [0.29, 0.717) is 0 Å². The Labute approximate surface area is 112 Å². The molecule has 2 rings (SSSR count). The van der Waals surface area contributed by atoms with E-state index in [2.05, 4.69) is 35.0 Å². The first-order valence-electron chi connectivity index (χ1n) is 6.20. The number of aromatic nitrogens is 2. The maximum absolute atomic E-state index is 6.12. The zero-order chi connectivity index (χ0) is 13.1. The van der Waals surface area contributed by atoms with Gasteiger partial charge >= 0.3 is 0 Å². The molecule has 4 nitrogen and oxygen atoms in total. The standard InChI is InChI=1S/C13H20N4S/c1-4-5-11-12(14)13(17(3)16-11)15-6-10-8-18-7-9(10)2/h7-8,15H,4-6,14H2,1-3H3. The molecule has 0 bridgehead atoms. The van der Waals surface area contributed by atoms with Gasteiger partial charge in [-0.05, 0) is 35.2 Å². The zero-order valence-corrected chi connectivity index (χ0v) is 12.0. The smallest absolute Gasteiger partial charge is 0.148 e. The average Bonchev–Trinajstić information content (AvgIpc) is 2.84. The topological polar surface area (TPSA) is 55.9 Å². The number of hydrogen-bond donors (Lipinski definition) is 2. The predicted octanol–water partition coefficient (Wildman–Crippen LogP) is 2.94. The molecular weight excluding hydrogens is 244 g/mol. The van der Waals surface area contributed by atoms with Crippen molar-refractivity contribution in [1.82, 2.24) is 9.78 Å². The zero-order valence-electron chi connectivity index (χ0n) is 11.2. The number of aryl methyl sites for hydroxylation is 3. The molecule has 0 radical (unpaired) electrons. The van der Waals surface area contributed by atoms with Gasteiger partial charge in [0.2, 0.25) is 0 Å². The molecule has 2 heterocycles. The third-order valence-electron chi connectivity index (χ3n) is 3.06. The molecule has 5 heteroatoms. The van der Waals surface area contributed by atoms with Crippen molar-refractivity contribution in [3.63, 3.8) is 0 Å². The number of rotatable bonds is 5. The van der Waals surface area contributed by atoms with E-state index in [1.807, 2.05) is 11.7 Å². The highest BCUT2D eigenvalue weighted by molar-refractivity contribution is 7.08. The van der Waals surface area contributed by atoms with Gasteiger partial charge in [0.1, 0.15) is 5.82 Å². The van der Waals surface area contributed by atoms with E-state index in [9.17, 15) is 0 Å². The lowest BCUT2D eigenvalue weighted by Crippen LogP contribution is -2.06. The van der Waals surface area contributed by atoms with Crippen molar-refractivity contribution in [3.05, 3.63) is 27.6 Å². The Kier molecular flexibility index (Phi) is 3.91. The Morgan fingerprint density at radius 2 is 2.22 bits per heavy atom. The fraction of sp³-hybridized carbons (Fsp3) is 0.462. The van der Waals surface area contributed by atoms with Gasteiger partial charge in [-0.15, -0.1) is 0 Å². The largest absolute Gasteiger partial charge is 0.394 e. The van der Waals surface area contributed by atoms with Gasteiger partial charge in [-0.1, -0.05) is 13.3 Å². The summed E-state index contributed by atoms with van der Waals surface area (Å²) < 4.78 is 1.84. The fourth-order valence-electron chi connectivity index (χ4n) is 1.97. The lowest BCUT2D eigenvalue weighted by atomic mass is 10.2. The second-order valence-electron chi connectivity index (χ2n) is 4.52. The second-order valence-corrected chi connectivity index (χ2v) is 5.26. The molecule has 2 aromatic rings. The van der Waals surface area contributed by atoms with Gasteiger partial charge in [0.15, 0.2) is 0 Å². The van der Waals surface area contributed by atoms with E-state index in [0.717, 1.165) is 36.6 Å². The van der Waals surface area contributed by atoms with Crippen molar-refractivity contribution in [2.24, 2.45) is 7.05 Å². The molecule has 0 unspecified atom stereocenters. The van der Waals surface area contributed by atoms with Crippen LogP contribution in [0.2, 0.25) is 0 Å². The molecular formula is C13H20N4S. The number of nitrogens with zero attached hydrogens (tertiary/aromatic N) is 2. The van der Waals surface area contributed by atoms with Gasteiger partial charge in [0, 0.05) is 13.6 Å². The minimum Gasteiger partial charge on any atom is -0.394 e. The summed E-state index contributed by atoms with van der Waals surface area (Å²) in [4.78, 5) is 0. The quantitative estimate of drug-likeness (QED) is 0.873. The van der Waals surface area contributed by atoms with Crippen LogP contribution >= 0.6 is 11.3 Å². The molecule has 18 heavy (non-hydrogen) atoms. The highest BCUT2D eigenvalue weighted by Gasteiger charge is 2.12. The molecule has 2 aromatic heterocycles. The summed E-state index contributed by atoms with van der Waals surface area (Å²) in [5.74, 6) is 0.920. The van der Waals surface area contributed by atoms with Crippen LogP contribution in [0.1, 0.15) is 30.2 Å². The van der Waals surface area contributed by atoms with Crippen LogP contribution in [-0.2, 0) is 20.0 Å². The number of nitrogen functional groups attached to an aromatic ring is 1. The van der Waals surface area contributed by atoms with Crippen molar-refractivity contribution in [3.8, 4) is 0 Å². The monoisotopic (exact) mass is 264 g/mol. The number of nitrogens with one attached hydrogen (secondary N) is 1. The van der Waals surface area contributed by atoms with Crippen molar-refractivity contribution in [2.45, 2.75) is 33.2 Å². The lowest BCUT2D eigenvalue weighted by Gasteiger charge is -2.07. The molecule has 0 aliphatic heterocycles. The molecule has 0 amide bonds. The maximum Gasteiger partial charge on any atom is 0.148 e. The summed E-state index contributed by atoms with van der Waals surface area (Å²) in [5.41, 5.74) is 10.5. The van der Waals surface area contributed by atoms with Gasteiger partial charge < -0.3 is 11.1 Å². The predicted molar refractivity (Wildman–Crippen MR) is 78.0 cm³/mol. The third kappa shape index (κ3) is 2.51. The van der Waals surface area contributed by atoms with Crippen LogP contribution in [-0.4, -0.2) is 9.78 Å². The molecule has 0 atom stereocenters. The van der Waals surface area contributed by atoms with Crippen LogP contribution in [0.4, 0.5) is 11.5 Å². The van der Waals surface area contributed by atoms with Crippen LogP contribution in [0.25, 0.3) is 0 Å². The molecule has 98 valence electrons. The summed E-state index contributed by atoms with van der Waals surface area (Å²) in [6.07, 6.45) is 1.99. The van der Waals surface area contributed by atoms with Gasteiger partial charge in [-0.25, -0.2) is 0 Å². The Hall–Kier alpha value is -1.49. The summed E-state index contributed by atoms with van der Waals surface area (Å²) in [6, 6.07) is 0. The van der Waals surface area contributed by atoms with E-state index in [-0.39, 0.29) is 0 Å². The van der Waals surface area contributed by atoms with Crippen molar-refractivity contribution in [2.75, 3.05) is 11.1 Å². The van der Waals surface area contributed by atoms with E-state index >= 15 is 0 Å². The first-order chi connectivity index (χ1) is 8.63. The Bertz CT molecular complexity index is 527. The second kappa shape index (κ2) is 5.44. The number of anilines is 2. The highest BCUT2D eigenvalue weighted by atomic mass is 32.1. The molecule has 0 aliphatic rings. The number of thiophene rings is 1. The normalized spacial score (nSPS) is 10.8. The summed E-state index contributed by atoms with van der Waals surface area (Å²) in [5, 5.41) is 12.2. The molecule has 3 N–H and O–H groups in total. The Balaban J connectivity index is 2.12. The molecule has 0 saturated carbocycles. The van der Waals surface area contributed by atoms with E-state index in [1.165, 1.54) is 11.1 Å². The fourth-order valence-corrected chi connectivity index (χ4v) is 2.83. The summed E-state index contributed by atoms with van der Waals surface area (Å²) in [7, 11) is 1.93.